The molecule has 1 heterocycles. The van der Waals surface area contributed by atoms with E-state index < -0.39 is 0 Å². The minimum absolute atomic E-state index is 0.0320. The van der Waals surface area contributed by atoms with Crippen LogP contribution < -0.4 is 5.56 Å². The van der Waals surface area contributed by atoms with Gasteiger partial charge in [0.05, 0.1) is 5.69 Å². The van der Waals surface area contributed by atoms with Crippen LogP contribution in [0.5, 0.6) is 0 Å². The van der Waals surface area contributed by atoms with Crippen LogP contribution in [0, 0.1) is 5.92 Å². The third kappa shape index (κ3) is 2.85. The lowest BCUT2D eigenvalue weighted by molar-refractivity contribution is 0.306. The molecule has 1 saturated carbocycles. The molecule has 0 aromatic carbocycles. The van der Waals surface area contributed by atoms with E-state index in [4.69, 9.17) is 0 Å². The summed E-state index contributed by atoms with van der Waals surface area (Å²) >= 11 is 3.32. The van der Waals surface area contributed by atoms with Gasteiger partial charge in [0.25, 0.3) is 5.56 Å². The molecule has 2 rings (SSSR count). The van der Waals surface area contributed by atoms with Crippen LogP contribution in [-0.2, 0) is 6.42 Å². The summed E-state index contributed by atoms with van der Waals surface area (Å²) in [5.74, 6) is 2.13. The number of halogens is 1. The lowest BCUT2D eigenvalue weighted by Crippen LogP contribution is -2.21. The SMILES string of the molecule is CCc1nc(C2CCCC(CC)C2)[nH]c(=O)c1Br. The lowest BCUT2D eigenvalue weighted by Gasteiger charge is -2.27. The largest absolute Gasteiger partial charge is 0.309 e. The number of hydrogen-bond donors (Lipinski definition) is 1. The fraction of sp³-hybridized carbons (Fsp3) is 0.714. The lowest BCUT2D eigenvalue weighted by atomic mass is 9.80. The molecule has 18 heavy (non-hydrogen) atoms. The molecular weight excluding hydrogens is 292 g/mol. The molecule has 1 N–H and O–H groups in total. The van der Waals surface area contributed by atoms with Crippen molar-refractivity contribution in [3.63, 3.8) is 0 Å². The Morgan fingerprint density at radius 1 is 1.39 bits per heavy atom. The second kappa shape index (κ2) is 6.00. The molecule has 0 saturated heterocycles. The fourth-order valence-electron chi connectivity index (χ4n) is 2.86. The Balaban J connectivity index is 2.27. The Morgan fingerprint density at radius 3 is 2.83 bits per heavy atom. The molecule has 0 amide bonds. The first-order chi connectivity index (χ1) is 8.65. The van der Waals surface area contributed by atoms with Crippen molar-refractivity contribution in [3.05, 3.63) is 26.3 Å². The van der Waals surface area contributed by atoms with Crippen LogP contribution in [-0.4, -0.2) is 9.97 Å². The van der Waals surface area contributed by atoms with Gasteiger partial charge >= 0.3 is 0 Å². The van der Waals surface area contributed by atoms with E-state index in [1.54, 1.807) is 0 Å². The van der Waals surface area contributed by atoms with Gasteiger partial charge in [-0.05, 0) is 41.1 Å². The standard InChI is InChI=1S/C14H21BrN2O/c1-3-9-6-5-7-10(8-9)13-16-11(4-2)12(15)14(18)17-13/h9-10H,3-8H2,1-2H3,(H,16,17,18). The zero-order valence-electron chi connectivity index (χ0n) is 11.1. The number of hydrogen-bond acceptors (Lipinski definition) is 2. The molecule has 0 bridgehead atoms. The van der Waals surface area contributed by atoms with Crippen LogP contribution >= 0.6 is 15.9 Å². The third-order valence-electron chi connectivity index (χ3n) is 4.03. The van der Waals surface area contributed by atoms with Gasteiger partial charge in [-0.2, -0.15) is 0 Å². The number of H-pyrrole nitrogens is 1. The number of nitrogens with zero attached hydrogens (tertiary/aromatic N) is 1. The van der Waals surface area contributed by atoms with Crippen LogP contribution in [0.15, 0.2) is 9.27 Å². The van der Waals surface area contributed by atoms with E-state index >= 15 is 0 Å². The van der Waals surface area contributed by atoms with Crippen molar-refractivity contribution in [1.29, 1.82) is 0 Å². The van der Waals surface area contributed by atoms with Crippen LogP contribution in [0.4, 0.5) is 0 Å². The number of aryl methyl sites for hydroxylation is 1. The van der Waals surface area contributed by atoms with E-state index in [9.17, 15) is 4.79 Å². The summed E-state index contributed by atoms with van der Waals surface area (Å²) in [4.78, 5) is 19.5. The molecular formula is C14H21BrN2O. The Bertz CT molecular complexity index is 469. The number of aromatic nitrogens is 2. The monoisotopic (exact) mass is 312 g/mol. The van der Waals surface area contributed by atoms with Crippen molar-refractivity contribution >= 4 is 15.9 Å². The van der Waals surface area contributed by atoms with Gasteiger partial charge in [0.15, 0.2) is 0 Å². The molecule has 1 fully saturated rings. The molecule has 4 heteroatoms. The van der Waals surface area contributed by atoms with E-state index in [1.807, 2.05) is 6.92 Å². The summed E-state index contributed by atoms with van der Waals surface area (Å²) in [6.07, 6.45) is 6.94. The van der Waals surface area contributed by atoms with E-state index in [0.717, 1.165) is 30.3 Å². The molecule has 0 spiro atoms. The highest BCUT2D eigenvalue weighted by Gasteiger charge is 2.24. The molecule has 0 aliphatic heterocycles. The van der Waals surface area contributed by atoms with Crippen molar-refractivity contribution in [3.8, 4) is 0 Å². The maximum absolute atomic E-state index is 11.9. The average molecular weight is 313 g/mol. The van der Waals surface area contributed by atoms with Crippen LogP contribution in [0.1, 0.15) is 63.4 Å². The minimum atomic E-state index is -0.0320. The summed E-state index contributed by atoms with van der Waals surface area (Å²) in [6, 6.07) is 0. The predicted molar refractivity (Wildman–Crippen MR) is 76.9 cm³/mol. The number of nitrogens with one attached hydrogen (secondary N) is 1. The van der Waals surface area contributed by atoms with E-state index in [1.165, 1.54) is 25.7 Å². The highest BCUT2D eigenvalue weighted by Crippen LogP contribution is 2.36. The number of rotatable bonds is 3. The normalized spacial score (nSPS) is 24.2. The molecule has 100 valence electrons. The molecule has 1 aliphatic carbocycles. The molecule has 1 aliphatic rings. The Labute approximate surface area is 117 Å². The van der Waals surface area contributed by atoms with Gasteiger partial charge in [-0.15, -0.1) is 0 Å². The van der Waals surface area contributed by atoms with Crippen molar-refractivity contribution in [2.45, 2.75) is 58.3 Å². The minimum Gasteiger partial charge on any atom is -0.309 e. The van der Waals surface area contributed by atoms with Gasteiger partial charge in [-0.3, -0.25) is 4.79 Å². The molecule has 2 atom stereocenters. The smallest absolute Gasteiger partial charge is 0.265 e. The van der Waals surface area contributed by atoms with E-state index in [0.29, 0.717) is 10.4 Å². The molecule has 0 radical (unpaired) electrons. The molecule has 3 nitrogen and oxygen atoms in total. The summed E-state index contributed by atoms with van der Waals surface area (Å²) in [7, 11) is 0. The summed E-state index contributed by atoms with van der Waals surface area (Å²) in [6.45, 7) is 4.29. The van der Waals surface area contributed by atoms with Crippen molar-refractivity contribution in [2.75, 3.05) is 0 Å². The van der Waals surface area contributed by atoms with Crippen molar-refractivity contribution in [1.82, 2.24) is 9.97 Å². The maximum Gasteiger partial charge on any atom is 0.265 e. The first kappa shape index (κ1) is 13.8. The van der Waals surface area contributed by atoms with E-state index in [2.05, 4.69) is 32.8 Å². The highest BCUT2D eigenvalue weighted by molar-refractivity contribution is 9.10. The van der Waals surface area contributed by atoms with Crippen LogP contribution in [0.3, 0.4) is 0 Å². The zero-order valence-corrected chi connectivity index (χ0v) is 12.7. The Morgan fingerprint density at radius 2 is 2.17 bits per heavy atom. The first-order valence-electron chi connectivity index (χ1n) is 6.94. The fourth-order valence-corrected chi connectivity index (χ4v) is 3.33. The second-order valence-electron chi connectivity index (χ2n) is 5.20. The summed E-state index contributed by atoms with van der Waals surface area (Å²) in [5, 5.41) is 0. The number of aromatic amines is 1. The van der Waals surface area contributed by atoms with Gasteiger partial charge in [0.2, 0.25) is 0 Å². The third-order valence-corrected chi connectivity index (χ3v) is 4.85. The quantitative estimate of drug-likeness (QED) is 0.923. The van der Waals surface area contributed by atoms with Crippen molar-refractivity contribution < 1.29 is 0 Å². The molecule has 2 unspecified atom stereocenters. The maximum atomic E-state index is 11.9. The van der Waals surface area contributed by atoms with Gasteiger partial charge in [-0.1, -0.05) is 33.1 Å². The predicted octanol–water partition coefficient (Wildman–Crippen LogP) is 3.78. The second-order valence-corrected chi connectivity index (χ2v) is 6.00. The zero-order chi connectivity index (χ0) is 13.1. The summed E-state index contributed by atoms with van der Waals surface area (Å²) < 4.78 is 0.594. The van der Waals surface area contributed by atoms with Gasteiger partial charge < -0.3 is 4.98 Å². The Hall–Kier alpha value is -0.640. The van der Waals surface area contributed by atoms with Crippen LogP contribution in [0.25, 0.3) is 0 Å². The van der Waals surface area contributed by atoms with Gasteiger partial charge in [0.1, 0.15) is 10.3 Å². The first-order valence-corrected chi connectivity index (χ1v) is 7.73. The molecule has 1 aromatic heterocycles. The van der Waals surface area contributed by atoms with Crippen molar-refractivity contribution in [2.24, 2.45) is 5.92 Å². The Kier molecular flexibility index (Phi) is 4.60. The summed E-state index contributed by atoms with van der Waals surface area (Å²) in [5.41, 5.74) is 0.850. The topological polar surface area (TPSA) is 45.8 Å². The van der Waals surface area contributed by atoms with Gasteiger partial charge in [-0.25, -0.2) is 4.98 Å². The van der Waals surface area contributed by atoms with E-state index in [-0.39, 0.29) is 5.56 Å². The average Bonchev–Trinajstić information content (AvgIpc) is 2.41. The van der Waals surface area contributed by atoms with Crippen LogP contribution in [0.2, 0.25) is 0 Å². The highest BCUT2D eigenvalue weighted by atomic mass is 79.9. The molecule has 1 aromatic rings. The van der Waals surface area contributed by atoms with Gasteiger partial charge in [0, 0.05) is 5.92 Å².